The lowest BCUT2D eigenvalue weighted by molar-refractivity contribution is 0.469. The molecule has 0 aliphatic heterocycles. The van der Waals surface area contributed by atoms with Crippen LogP contribution in [0, 0.1) is 0 Å². The van der Waals surface area contributed by atoms with Gasteiger partial charge in [0.2, 0.25) is 0 Å². The van der Waals surface area contributed by atoms with Gasteiger partial charge in [0.15, 0.2) is 5.16 Å². The summed E-state index contributed by atoms with van der Waals surface area (Å²) in [5, 5.41) is 11.1. The molecule has 112 valence electrons. The smallest absolute Gasteiger partial charge is 0.255 e. The van der Waals surface area contributed by atoms with E-state index in [0.717, 1.165) is 18.5 Å². The van der Waals surface area contributed by atoms with Gasteiger partial charge in [-0.3, -0.25) is 4.79 Å². The minimum Gasteiger partial charge on any atom is -0.508 e. The van der Waals surface area contributed by atoms with Crippen LogP contribution in [0.25, 0.3) is 0 Å². The first-order chi connectivity index (χ1) is 10.0. The lowest BCUT2D eigenvalue weighted by atomic mass is 10.0. The molecule has 0 atom stereocenters. The number of aromatic nitrogens is 2. The predicted molar refractivity (Wildman–Crippen MR) is 86.6 cm³/mol. The van der Waals surface area contributed by atoms with Crippen LogP contribution in [0.1, 0.15) is 30.2 Å². The first-order valence-electron chi connectivity index (χ1n) is 6.68. The third-order valence-corrected chi connectivity index (χ3v) is 3.98. The third kappa shape index (κ3) is 3.80. The second-order valence-electron chi connectivity index (χ2n) is 4.70. The maximum atomic E-state index is 12.3. The molecule has 0 fully saturated rings. The number of nitrogens with one attached hydrogen (secondary N) is 1. The van der Waals surface area contributed by atoms with Crippen molar-refractivity contribution in [1.82, 2.24) is 9.97 Å². The molecule has 0 radical (unpaired) electrons. The zero-order valence-corrected chi connectivity index (χ0v) is 13.5. The quantitative estimate of drug-likeness (QED) is 0.653. The Kier molecular flexibility index (Phi) is 5.31. The Hall–Kier alpha value is -1.46. The number of aromatic hydroxyl groups is 1. The zero-order chi connectivity index (χ0) is 15.4. The van der Waals surface area contributed by atoms with Crippen molar-refractivity contribution in [3.63, 3.8) is 0 Å². The molecule has 0 amide bonds. The Morgan fingerprint density at radius 1 is 1.43 bits per heavy atom. The van der Waals surface area contributed by atoms with Gasteiger partial charge in [0.1, 0.15) is 5.75 Å². The highest BCUT2D eigenvalue weighted by molar-refractivity contribution is 7.98. The molecule has 6 heteroatoms. The van der Waals surface area contributed by atoms with Gasteiger partial charge in [0, 0.05) is 17.0 Å². The minimum atomic E-state index is -0.155. The Balaban J connectivity index is 2.47. The first-order valence-corrected chi connectivity index (χ1v) is 8.28. The van der Waals surface area contributed by atoms with Gasteiger partial charge in [0.05, 0.1) is 5.69 Å². The summed E-state index contributed by atoms with van der Waals surface area (Å²) in [7, 11) is 0. The first kappa shape index (κ1) is 15.9. The zero-order valence-electron chi connectivity index (χ0n) is 11.9. The number of benzene rings is 1. The summed E-state index contributed by atoms with van der Waals surface area (Å²) in [5.41, 5.74) is 1.85. The standard InChI is InChI=1S/C15H17ClN2O2S/c1-3-4-12-11(14(20)18-15(17-12)21-2)8-9-7-10(16)5-6-13(9)19/h5-7,19H,3-4,8H2,1-2H3,(H,17,18,20). The van der Waals surface area contributed by atoms with E-state index < -0.39 is 0 Å². The molecule has 1 aromatic carbocycles. The Morgan fingerprint density at radius 2 is 2.19 bits per heavy atom. The molecule has 1 aromatic heterocycles. The van der Waals surface area contributed by atoms with Crippen molar-refractivity contribution in [2.45, 2.75) is 31.3 Å². The molecule has 2 aromatic rings. The molecule has 1 heterocycles. The van der Waals surface area contributed by atoms with Crippen molar-refractivity contribution < 1.29 is 5.11 Å². The highest BCUT2D eigenvalue weighted by Gasteiger charge is 2.13. The largest absolute Gasteiger partial charge is 0.508 e. The summed E-state index contributed by atoms with van der Waals surface area (Å²) < 4.78 is 0. The molecule has 2 N–H and O–H groups in total. The van der Waals surface area contributed by atoms with E-state index in [1.54, 1.807) is 12.1 Å². The monoisotopic (exact) mass is 324 g/mol. The molecule has 21 heavy (non-hydrogen) atoms. The lowest BCUT2D eigenvalue weighted by Crippen LogP contribution is -2.19. The Morgan fingerprint density at radius 3 is 2.86 bits per heavy atom. The normalized spacial score (nSPS) is 10.8. The van der Waals surface area contributed by atoms with E-state index in [0.29, 0.717) is 27.7 Å². The fourth-order valence-corrected chi connectivity index (χ4v) is 2.72. The predicted octanol–water partition coefficient (Wildman–Crippen LogP) is 3.39. The van der Waals surface area contributed by atoms with Crippen molar-refractivity contribution in [3.05, 3.63) is 50.4 Å². The summed E-state index contributed by atoms with van der Waals surface area (Å²) in [6.07, 6.45) is 3.82. The Bertz CT molecular complexity index is 701. The number of phenols is 1. The van der Waals surface area contributed by atoms with Crippen molar-refractivity contribution in [1.29, 1.82) is 0 Å². The second-order valence-corrected chi connectivity index (χ2v) is 5.93. The number of rotatable bonds is 5. The van der Waals surface area contributed by atoms with Crippen molar-refractivity contribution in [2.75, 3.05) is 6.26 Å². The van der Waals surface area contributed by atoms with E-state index in [-0.39, 0.29) is 11.3 Å². The molecule has 0 saturated heterocycles. The summed E-state index contributed by atoms with van der Waals surface area (Å²) in [4.78, 5) is 19.5. The number of halogens is 1. The fourth-order valence-electron chi connectivity index (χ4n) is 2.13. The van der Waals surface area contributed by atoms with Gasteiger partial charge < -0.3 is 10.1 Å². The van der Waals surface area contributed by atoms with Crippen LogP contribution < -0.4 is 5.56 Å². The minimum absolute atomic E-state index is 0.134. The van der Waals surface area contributed by atoms with Gasteiger partial charge in [-0.1, -0.05) is 36.7 Å². The molecule has 4 nitrogen and oxygen atoms in total. The molecule has 0 aliphatic carbocycles. The van der Waals surface area contributed by atoms with Crippen molar-refractivity contribution >= 4 is 23.4 Å². The molecule has 2 rings (SSSR count). The summed E-state index contributed by atoms with van der Waals surface area (Å²) in [6, 6.07) is 4.83. The molecule has 0 unspecified atom stereocenters. The van der Waals surface area contributed by atoms with Gasteiger partial charge in [-0.2, -0.15) is 0 Å². The number of hydrogen-bond acceptors (Lipinski definition) is 4. The number of phenolic OH excluding ortho intramolecular Hbond substituents is 1. The van der Waals surface area contributed by atoms with E-state index in [2.05, 4.69) is 9.97 Å². The van der Waals surface area contributed by atoms with E-state index in [1.807, 2.05) is 13.2 Å². The number of nitrogens with zero attached hydrogens (tertiary/aromatic N) is 1. The van der Waals surface area contributed by atoms with Crippen LogP contribution in [0.5, 0.6) is 5.75 Å². The number of hydrogen-bond donors (Lipinski definition) is 2. The van der Waals surface area contributed by atoms with Crippen LogP contribution in [-0.4, -0.2) is 21.3 Å². The number of H-pyrrole nitrogens is 1. The van der Waals surface area contributed by atoms with Crippen LogP contribution in [0.4, 0.5) is 0 Å². The average Bonchev–Trinajstić information content (AvgIpc) is 2.46. The molecule has 0 bridgehead atoms. The van der Waals surface area contributed by atoms with E-state index in [4.69, 9.17) is 11.6 Å². The van der Waals surface area contributed by atoms with Crippen molar-refractivity contribution in [2.24, 2.45) is 0 Å². The number of thioether (sulfide) groups is 1. The Labute approximate surface area is 132 Å². The lowest BCUT2D eigenvalue weighted by Gasteiger charge is -2.10. The maximum Gasteiger partial charge on any atom is 0.255 e. The molecule has 0 spiro atoms. The highest BCUT2D eigenvalue weighted by Crippen LogP contribution is 2.24. The van der Waals surface area contributed by atoms with Gasteiger partial charge in [-0.05, 0) is 36.4 Å². The van der Waals surface area contributed by atoms with E-state index in [1.165, 1.54) is 17.8 Å². The molecule has 0 aliphatic rings. The summed E-state index contributed by atoms with van der Waals surface area (Å²) in [6.45, 7) is 2.04. The summed E-state index contributed by atoms with van der Waals surface area (Å²) in [5.74, 6) is 0.134. The van der Waals surface area contributed by atoms with Crippen molar-refractivity contribution in [3.8, 4) is 5.75 Å². The van der Waals surface area contributed by atoms with Gasteiger partial charge >= 0.3 is 0 Å². The van der Waals surface area contributed by atoms with Crippen LogP contribution in [0.3, 0.4) is 0 Å². The van der Waals surface area contributed by atoms with Gasteiger partial charge in [-0.25, -0.2) is 4.98 Å². The molecular formula is C15H17ClN2O2S. The van der Waals surface area contributed by atoms with Gasteiger partial charge in [0.25, 0.3) is 5.56 Å². The van der Waals surface area contributed by atoms with Crippen LogP contribution in [0.15, 0.2) is 28.2 Å². The van der Waals surface area contributed by atoms with Gasteiger partial charge in [-0.15, -0.1) is 0 Å². The van der Waals surface area contributed by atoms with Crippen LogP contribution >= 0.6 is 23.4 Å². The number of aryl methyl sites for hydroxylation is 1. The van der Waals surface area contributed by atoms with E-state index >= 15 is 0 Å². The van der Waals surface area contributed by atoms with Crippen LogP contribution in [0.2, 0.25) is 5.02 Å². The average molecular weight is 325 g/mol. The highest BCUT2D eigenvalue weighted by atomic mass is 35.5. The fraction of sp³-hybridized carbons (Fsp3) is 0.333. The summed E-state index contributed by atoms with van der Waals surface area (Å²) >= 11 is 7.36. The number of aromatic amines is 1. The molecule has 0 saturated carbocycles. The van der Waals surface area contributed by atoms with Crippen LogP contribution in [-0.2, 0) is 12.8 Å². The molecular weight excluding hydrogens is 308 g/mol. The SMILES string of the molecule is CCCc1nc(SC)[nH]c(=O)c1Cc1cc(Cl)ccc1O. The van der Waals surface area contributed by atoms with E-state index in [9.17, 15) is 9.90 Å². The second kappa shape index (κ2) is 7.00. The third-order valence-electron chi connectivity index (χ3n) is 3.17. The topological polar surface area (TPSA) is 66.0 Å². The maximum absolute atomic E-state index is 12.3.